The Kier molecular flexibility index (Phi) is 2.67. The molecule has 0 aliphatic heterocycles. The van der Waals surface area contributed by atoms with Gasteiger partial charge in [0.25, 0.3) is 0 Å². The molecule has 0 saturated heterocycles. The van der Waals surface area contributed by atoms with Crippen molar-refractivity contribution in [3.8, 4) is 5.69 Å². The Hall–Kier alpha value is -2.43. The molecule has 0 bridgehead atoms. The summed E-state index contributed by atoms with van der Waals surface area (Å²) in [6.45, 7) is 4.35. The lowest BCUT2D eigenvalue weighted by atomic mass is 10.0. The third kappa shape index (κ3) is 1.93. The van der Waals surface area contributed by atoms with Gasteiger partial charge in [0.05, 0.1) is 0 Å². The second kappa shape index (κ2) is 4.35. The molecule has 1 aromatic carbocycles. The fourth-order valence-corrected chi connectivity index (χ4v) is 2.06. The minimum atomic E-state index is 0.405. The van der Waals surface area contributed by atoms with Crippen LogP contribution in [0.1, 0.15) is 25.3 Å². The van der Waals surface area contributed by atoms with E-state index in [4.69, 9.17) is 5.73 Å². The van der Waals surface area contributed by atoms with Gasteiger partial charge in [-0.25, -0.2) is 15.0 Å². The lowest BCUT2D eigenvalue weighted by Gasteiger charge is -2.07. The quantitative estimate of drug-likeness (QED) is 0.761. The van der Waals surface area contributed by atoms with Crippen molar-refractivity contribution in [2.75, 3.05) is 5.73 Å². The lowest BCUT2D eigenvalue weighted by molar-refractivity contribution is 0.865. The zero-order chi connectivity index (χ0) is 13.4. The highest BCUT2D eigenvalue weighted by atomic mass is 15.1. The second-order valence-electron chi connectivity index (χ2n) is 4.79. The highest BCUT2D eigenvalue weighted by molar-refractivity contribution is 5.82. The third-order valence-corrected chi connectivity index (χ3v) is 3.20. The van der Waals surface area contributed by atoms with Crippen molar-refractivity contribution in [2.24, 2.45) is 0 Å². The van der Waals surface area contributed by atoms with E-state index < -0.39 is 0 Å². The van der Waals surface area contributed by atoms with Crippen LogP contribution in [0.3, 0.4) is 0 Å². The smallest absolute Gasteiger partial charge is 0.170 e. The van der Waals surface area contributed by atoms with Gasteiger partial charge in [0.15, 0.2) is 17.0 Å². The van der Waals surface area contributed by atoms with E-state index in [-0.39, 0.29) is 0 Å². The number of nitrogen functional groups attached to an aromatic ring is 1. The Morgan fingerprint density at radius 3 is 2.47 bits per heavy atom. The molecule has 5 heteroatoms. The summed E-state index contributed by atoms with van der Waals surface area (Å²) in [7, 11) is 0. The van der Waals surface area contributed by atoms with Crippen LogP contribution in [0.25, 0.3) is 16.9 Å². The molecule has 0 aliphatic carbocycles. The minimum Gasteiger partial charge on any atom is -0.382 e. The van der Waals surface area contributed by atoms with E-state index in [9.17, 15) is 0 Å². The van der Waals surface area contributed by atoms with Crippen LogP contribution in [0.5, 0.6) is 0 Å². The van der Waals surface area contributed by atoms with Gasteiger partial charge in [-0.05, 0) is 23.6 Å². The number of aromatic nitrogens is 4. The molecule has 0 atom stereocenters. The van der Waals surface area contributed by atoms with Crippen molar-refractivity contribution in [1.82, 2.24) is 19.5 Å². The number of rotatable bonds is 2. The number of fused-ring (bicyclic) bond motifs is 1. The van der Waals surface area contributed by atoms with Crippen LogP contribution in [-0.4, -0.2) is 19.5 Å². The second-order valence-corrected chi connectivity index (χ2v) is 4.79. The fraction of sp³-hybridized carbons (Fsp3) is 0.214. The summed E-state index contributed by atoms with van der Waals surface area (Å²) in [5.41, 5.74) is 9.47. The molecule has 0 saturated carbocycles. The topological polar surface area (TPSA) is 69.6 Å². The molecule has 3 rings (SSSR count). The highest BCUT2D eigenvalue weighted by Gasteiger charge is 2.09. The number of anilines is 1. The summed E-state index contributed by atoms with van der Waals surface area (Å²) in [4.78, 5) is 12.5. The summed E-state index contributed by atoms with van der Waals surface area (Å²) in [5, 5.41) is 0. The number of hydrogen-bond acceptors (Lipinski definition) is 4. The first-order valence-electron chi connectivity index (χ1n) is 6.20. The molecule has 5 nitrogen and oxygen atoms in total. The molecule has 96 valence electrons. The maximum absolute atomic E-state index is 5.78. The number of nitrogens with zero attached hydrogens (tertiary/aromatic N) is 4. The normalized spacial score (nSPS) is 11.3. The first-order chi connectivity index (χ1) is 9.16. The lowest BCUT2D eigenvalue weighted by Crippen LogP contribution is -1.97. The van der Waals surface area contributed by atoms with E-state index in [1.54, 1.807) is 6.33 Å². The Morgan fingerprint density at radius 1 is 1.05 bits per heavy atom. The summed E-state index contributed by atoms with van der Waals surface area (Å²) >= 11 is 0. The van der Waals surface area contributed by atoms with Crippen molar-refractivity contribution in [2.45, 2.75) is 19.8 Å². The van der Waals surface area contributed by atoms with Gasteiger partial charge in [-0.2, -0.15) is 0 Å². The van der Waals surface area contributed by atoms with E-state index in [1.807, 2.05) is 4.57 Å². The molecular formula is C14H15N5. The van der Waals surface area contributed by atoms with Crippen LogP contribution in [0.15, 0.2) is 36.9 Å². The van der Waals surface area contributed by atoms with E-state index >= 15 is 0 Å². The SMILES string of the molecule is CC(C)c1ccc(-n2cnc3c(N)ncnc32)cc1. The molecule has 0 amide bonds. The maximum Gasteiger partial charge on any atom is 0.170 e. The van der Waals surface area contributed by atoms with Crippen LogP contribution in [-0.2, 0) is 0 Å². The van der Waals surface area contributed by atoms with E-state index in [0.29, 0.717) is 17.3 Å². The Labute approximate surface area is 111 Å². The molecule has 2 N–H and O–H groups in total. The van der Waals surface area contributed by atoms with Crippen molar-refractivity contribution >= 4 is 17.0 Å². The van der Waals surface area contributed by atoms with Gasteiger partial charge in [0, 0.05) is 5.69 Å². The molecule has 0 radical (unpaired) electrons. The standard InChI is InChI=1S/C14H15N5/c1-9(2)10-3-5-11(6-4-10)19-8-18-12-13(15)16-7-17-14(12)19/h3-9H,1-2H3,(H2,15,16,17). The monoisotopic (exact) mass is 253 g/mol. The largest absolute Gasteiger partial charge is 0.382 e. The molecule has 0 aliphatic rings. The summed E-state index contributed by atoms with van der Waals surface area (Å²) in [6, 6.07) is 8.37. The van der Waals surface area contributed by atoms with Gasteiger partial charge in [-0.3, -0.25) is 4.57 Å². The van der Waals surface area contributed by atoms with Gasteiger partial charge in [0.1, 0.15) is 12.7 Å². The maximum atomic E-state index is 5.78. The Bertz CT molecular complexity index is 712. The van der Waals surface area contributed by atoms with Crippen molar-refractivity contribution in [1.29, 1.82) is 0 Å². The predicted octanol–water partition coefficient (Wildman–Crippen LogP) is 2.52. The summed E-state index contributed by atoms with van der Waals surface area (Å²) < 4.78 is 1.91. The number of benzene rings is 1. The molecule has 2 heterocycles. The predicted molar refractivity (Wildman–Crippen MR) is 75.2 cm³/mol. The summed E-state index contributed by atoms with van der Waals surface area (Å²) in [5.74, 6) is 0.925. The van der Waals surface area contributed by atoms with Crippen molar-refractivity contribution < 1.29 is 0 Å². The average Bonchev–Trinajstić information content (AvgIpc) is 2.84. The van der Waals surface area contributed by atoms with Crippen LogP contribution in [0.2, 0.25) is 0 Å². The fourth-order valence-electron chi connectivity index (χ4n) is 2.06. The first-order valence-corrected chi connectivity index (χ1v) is 6.20. The highest BCUT2D eigenvalue weighted by Crippen LogP contribution is 2.21. The Morgan fingerprint density at radius 2 is 1.79 bits per heavy atom. The zero-order valence-electron chi connectivity index (χ0n) is 10.9. The van der Waals surface area contributed by atoms with Crippen LogP contribution in [0.4, 0.5) is 5.82 Å². The third-order valence-electron chi connectivity index (χ3n) is 3.20. The van der Waals surface area contributed by atoms with E-state index in [2.05, 4.69) is 53.1 Å². The molecule has 3 aromatic rings. The number of nitrogens with two attached hydrogens (primary N) is 1. The van der Waals surface area contributed by atoms with Crippen LogP contribution < -0.4 is 5.73 Å². The van der Waals surface area contributed by atoms with Gasteiger partial charge in [-0.15, -0.1) is 0 Å². The van der Waals surface area contributed by atoms with Gasteiger partial charge in [0.2, 0.25) is 0 Å². The molecule has 0 fully saturated rings. The van der Waals surface area contributed by atoms with Crippen molar-refractivity contribution in [3.05, 3.63) is 42.5 Å². The molecule has 0 spiro atoms. The first kappa shape index (κ1) is 11.6. The van der Waals surface area contributed by atoms with E-state index in [1.165, 1.54) is 11.9 Å². The molecule has 19 heavy (non-hydrogen) atoms. The average molecular weight is 253 g/mol. The van der Waals surface area contributed by atoms with Gasteiger partial charge < -0.3 is 5.73 Å². The molecule has 0 unspecified atom stereocenters. The van der Waals surface area contributed by atoms with Gasteiger partial charge in [-0.1, -0.05) is 26.0 Å². The minimum absolute atomic E-state index is 0.405. The van der Waals surface area contributed by atoms with Crippen LogP contribution in [0, 0.1) is 0 Å². The summed E-state index contributed by atoms with van der Waals surface area (Å²) in [6.07, 6.45) is 3.18. The van der Waals surface area contributed by atoms with Gasteiger partial charge >= 0.3 is 0 Å². The zero-order valence-corrected chi connectivity index (χ0v) is 10.9. The molecule has 2 aromatic heterocycles. The van der Waals surface area contributed by atoms with Crippen molar-refractivity contribution in [3.63, 3.8) is 0 Å². The van der Waals surface area contributed by atoms with Crippen LogP contribution >= 0.6 is 0 Å². The number of hydrogen-bond donors (Lipinski definition) is 1. The molecular weight excluding hydrogens is 238 g/mol. The Balaban J connectivity index is 2.11. The number of imidazole rings is 1. The van der Waals surface area contributed by atoms with E-state index in [0.717, 1.165) is 11.3 Å².